The number of rotatable bonds is 3. The number of esters is 1. The number of carbonyl (C=O) groups is 2. The SMILES string of the molecule is CCOC(=O)/C=C1\c2ccccc2N(C(C)=O)C1c1ccccc1. The summed E-state index contributed by atoms with van der Waals surface area (Å²) in [5.74, 6) is -0.461. The highest BCUT2D eigenvalue weighted by Gasteiger charge is 2.37. The Morgan fingerprint density at radius 3 is 2.42 bits per heavy atom. The van der Waals surface area contributed by atoms with Crippen LogP contribution in [0.2, 0.25) is 0 Å². The Kier molecular flexibility index (Phi) is 4.47. The second kappa shape index (κ2) is 6.71. The Morgan fingerprint density at radius 2 is 1.75 bits per heavy atom. The van der Waals surface area contributed by atoms with Crippen molar-refractivity contribution in [3.63, 3.8) is 0 Å². The van der Waals surface area contributed by atoms with E-state index in [9.17, 15) is 9.59 Å². The van der Waals surface area contributed by atoms with Gasteiger partial charge in [-0.1, -0.05) is 48.5 Å². The van der Waals surface area contributed by atoms with Crippen LogP contribution in [0, 0.1) is 0 Å². The smallest absolute Gasteiger partial charge is 0.331 e. The van der Waals surface area contributed by atoms with Crippen LogP contribution in [0.15, 0.2) is 60.7 Å². The predicted octanol–water partition coefficient (Wildman–Crippen LogP) is 3.74. The fourth-order valence-corrected chi connectivity index (χ4v) is 3.14. The van der Waals surface area contributed by atoms with E-state index in [0.29, 0.717) is 6.61 Å². The molecule has 3 rings (SSSR count). The van der Waals surface area contributed by atoms with Gasteiger partial charge >= 0.3 is 5.97 Å². The summed E-state index contributed by atoms with van der Waals surface area (Å²) in [7, 11) is 0. The van der Waals surface area contributed by atoms with E-state index >= 15 is 0 Å². The van der Waals surface area contributed by atoms with Crippen LogP contribution in [-0.4, -0.2) is 18.5 Å². The molecule has 0 fully saturated rings. The van der Waals surface area contributed by atoms with Gasteiger partial charge in [0.25, 0.3) is 0 Å². The van der Waals surface area contributed by atoms with Gasteiger partial charge in [-0.05, 0) is 24.1 Å². The van der Waals surface area contributed by atoms with Gasteiger partial charge in [0, 0.05) is 18.6 Å². The van der Waals surface area contributed by atoms with E-state index in [4.69, 9.17) is 4.74 Å². The van der Waals surface area contributed by atoms with Crippen molar-refractivity contribution >= 4 is 23.1 Å². The maximum Gasteiger partial charge on any atom is 0.331 e. The molecule has 4 nitrogen and oxygen atoms in total. The molecule has 2 aromatic rings. The van der Waals surface area contributed by atoms with Crippen LogP contribution >= 0.6 is 0 Å². The third kappa shape index (κ3) is 2.83. The number of nitrogens with zero attached hydrogens (tertiary/aromatic N) is 1. The lowest BCUT2D eigenvalue weighted by Gasteiger charge is -2.25. The van der Waals surface area contributed by atoms with Crippen LogP contribution in [0.3, 0.4) is 0 Å². The quantitative estimate of drug-likeness (QED) is 0.639. The molecule has 4 heteroatoms. The predicted molar refractivity (Wildman–Crippen MR) is 93.4 cm³/mol. The fourth-order valence-electron chi connectivity index (χ4n) is 3.14. The molecule has 1 unspecified atom stereocenters. The monoisotopic (exact) mass is 321 g/mol. The number of anilines is 1. The second-order valence-electron chi connectivity index (χ2n) is 5.57. The summed E-state index contributed by atoms with van der Waals surface area (Å²) >= 11 is 0. The van der Waals surface area contributed by atoms with E-state index in [0.717, 1.165) is 22.4 Å². The average molecular weight is 321 g/mol. The van der Waals surface area contributed by atoms with Crippen molar-refractivity contribution in [3.8, 4) is 0 Å². The maximum absolute atomic E-state index is 12.3. The third-order valence-corrected chi connectivity index (χ3v) is 4.04. The highest BCUT2D eigenvalue weighted by molar-refractivity contribution is 6.07. The summed E-state index contributed by atoms with van der Waals surface area (Å²) in [6, 6.07) is 17.0. The van der Waals surface area contributed by atoms with E-state index in [-0.39, 0.29) is 11.9 Å². The van der Waals surface area contributed by atoms with Crippen LogP contribution in [0.1, 0.15) is 31.0 Å². The van der Waals surface area contributed by atoms with E-state index in [1.807, 2.05) is 54.6 Å². The Bertz CT molecular complexity index is 796. The molecule has 0 saturated carbocycles. The van der Waals surface area contributed by atoms with E-state index in [2.05, 4.69) is 0 Å². The summed E-state index contributed by atoms with van der Waals surface area (Å²) in [5.41, 5.74) is 3.44. The van der Waals surface area contributed by atoms with Crippen molar-refractivity contribution in [3.05, 3.63) is 71.8 Å². The lowest BCUT2D eigenvalue weighted by atomic mass is 9.96. The number of benzene rings is 2. The van der Waals surface area contributed by atoms with Gasteiger partial charge in [0.1, 0.15) is 0 Å². The Balaban J connectivity index is 2.18. The molecule has 0 radical (unpaired) electrons. The molecule has 1 amide bonds. The fraction of sp³-hybridized carbons (Fsp3) is 0.200. The first-order valence-electron chi connectivity index (χ1n) is 7.96. The number of fused-ring (bicyclic) bond motifs is 1. The number of ether oxygens (including phenoxy) is 1. The number of hydrogen-bond acceptors (Lipinski definition) is 3. The number of para-hydroxylation sites is 1. The Hall–Kier alpha value is -2.88. The molecule has 0 aromatic heterocycles. The van der Waals surface area contributed by atoms with E-state index < -0.39 is 5.97 Å². The highest BCUT2D eigenvalue weighted by atomic mass is 16.5. The van der Waals surface area contributed by atoms with Gasteiger partial charge in [0.05, 0.1) is 18.3 Å². The topological polar surface area (TPSA) is 46.6 Å². The molecule has 0 N–H and O–H groups in total. The normalized spacial score (nSPS) is 17.7. The highest BCUT2D eigenvalue weighted by Crippen LogP contribution is 2.48. The lowest BCUT2D eigenvalue weighted by molar-refractivity contribution is -0.137. The molecule has 0 aliphatic carbocycles. The van der Waals surface area contributed by atoms with Gasteiger partial charge in [0.15, 0.2) is 0 Å². The molecule has 122 valence electrons. The molecule has 0 saturated heterocycles. The molecule has 1 atom stereocenters. The largest absolute Gasteiger partial charge is 0.463 e. The van der Waals surface area contributed by atoms with Gasteiger partial charge in [-0.3, -0.25) is 4.79 Å². The molecule has 1 heterocycles. The van der Waals surface area contributed by atoms with Crippen molar-refractivity contribution < 1.29 is 14.3 Å². The zero-order chi connectivity index (χ0) is 17.1. The van der Waals surface area contributed by atoms with Gasteiger partial charge in [-0.15, -0.1) is 0 Å². The molecule has 2 aromatic carbocycles. The summed E-state index contributed by atoms with van der Waals surface area (Å²) < 4.78 is 5.08. The number of hydrogen-bond donors (Lipinski definition) is 0. The number of carbonyl (C=O) groups excluding carboxylic acids is 2. The van der Waals surface area contributed by atoms with Gasteiger partial charge in [0.2, 0.25) is 5.91 Å². The second-order valence-corrected chi connectivity index (χ2v) is 5.57. The standard InChI is InChI=1S/C20H19NO3/c1-3-24-19(23)13-17-16-11-7-8-12-18(16)21(14(2)22)20(17)15-9-5-4-6-10-15/h4-13,20H,3H2,1-2H3/b17-13+. The van der Waals surface area contributed by atoms with Crippen LogP contribution in [0.4, 0.5) is 5.69 Å². The molecule has 1 aliphatic rings. The molecular formula is C20H19NO3. The summed E-state index contributed by atoms with van der Waals surface area (Å²) in [6.45, 7) is 3.63. The average Bonchev–Trinajstić information content (AvgIpc) is 2.90. The minimum atomic E-state index is -0.395. The molecule has 24 heavy (non-hydrogen) atoms. The molecule has 0 bridgehead atoms. The zero-order valence-electron chi connectivity index (χ0n) is 13.7. The van der Waals surface area contributed by atoms with Crippen molar-refractivity contribution in [1.82, 2.24) is 0 Å². The minimum Gasteiger partial charge on any atom is -0.463 e. The van der Waals surface area contributed by atoms with E-state index in [1.54, 1.807) is 18.7 Å². The van der Waals surface area contributed by atoms with Crippen molar-refractivity contribution in [2.45, 2.75) is 19.9 Å². The van der Waals surface area contributed by atoms with Crippen LogP contribution in [-0.2, 0) is 14.3 Å². The van der Waals surface area contributed by atoms with Crippen molar-refractivity contribution in [1.29, 1.82) is 0 Å². The molecule has 0 spiro atoms. The zero-order valence-corrected chi connectivity index (χ0v) is 13.7. The maximum atomic E-state index is 12.3. The lowest BCUT2D eigenvalue weighted by Crippen LogP contribution is -2.29. The third-order valence-electron chi connectivity index (χ3n) is 4.04. The number of amides is 1. The van der Waals surface area contributed by atoms with Gasteiger partial charge in [-0.2, -0.15) is 0 Å². The first-order chi connectivity index (χ1) is 11.6. The first-order valence-corrected chi connectivity index (χ1v) is 7.96. The van der Waals surface area contributed by atoms with Gasteiger partial charge < -0.3 is 9.64 Å². The van der Waals surface area contributed by atoms with Crippen LogP contribution < -0.4 is 4.90 Å². The Labute approximate surface area is 141 Å². The summed E-state index contributed by atoms with van der Waals surface area (Å²) in [4.78, 5) is 26.1. The summed E-state index contributed by atoms with van der Waals surface area (Å²) in [6.07, 6.45) is 1.50. The van der Waals surface area contributed by atoms with Crippen molar-refractivity contribution in [2.75, 3.05) is 11.5 Å². The Morgan fingerprint density at radius 1 is 1.08 bits per heavy atom. The molecule has 1 aliphatic heterocycles. The first kappa shape index (κ1) is 16.0. The van der Waals surface area contributed by atoms with Crippen LogP contribution in [0.5, 0.6) is 0 Å². The van der Waals surface area contributed by atoms with Crippen molar-refractivity contribution in [2.24, 2.45) is 0 Å². The van der Waals surface area contributed by atoms with E-state index in [1.165, 1.54) is 6.08 Å². The molecular weight excluding hydrogens is 302 g/mol. The van der Waals surface area contributed by atoms with Gasteiger partial charge in [-0.25, -0.2) is 4.79 Å². The summed E-state index contributed by atoms with van der Waals surface area (Å²) in [5, 5.41) is 0. The minimum absolute atomic E-state index is 0.0661. The van der Waals surface area contributed by atoms with Crippen LogP contribution in [0.25, 0.3) is 5.57 Å².